The number of hydrogen-bond acceptors (Lipinski definition) is 5. The molecule has 2 heterocycles. The topological polar surface area (TPSA) is 128 Å². The van der Waals surface area contributed by atoms with E-state index in [4.69, 9.17) is 0 Å². The van der Waals surface area contributed by atoms with Gasteiger partial charge in [0.1, 0.15) is 24.2 Å². The van der Waals surface area contributed by atoms with E-state index in [1.54, 1.807) is 38.2 Å². The zero-order chi connectivity index (χ0) is 29.7. The van der Waals surface area contributed by atoms with E-state index in [0.717, 1.165) is 5.56 Å². The third kappa shape index (κ3) is 6.93. The summed E-state index contributed by atoms with van der Waals surface area (Å²) in [6.45, 7) is 5.81. The first-order chi connectivity index (χ1) is 19.6. The molecule has 2 aliphatic rings. The van der Waals surface area contributed by atoms with Gasteiger partial charge in [0.25, 0.3) is 5.91 Å². The molecule has 4 atom stereocenters. The lowest BCUT2D eigenvalue weighted by Crippen LogP contribution is -2.58. The smallest absolute Gasteiger partial charge is 0.256 e. The molecule has 0 saturated carbocycles. The van der Waals surface area contributed by atoms with Gasteiger partial charge >= 0.3 is 0 Å². The summed E-state index contributed by atoms with van der Waals surface area (Å²) in [7, 11) is 1.57. The fraction of sp³-hybridized carbons (Fsp3) is 0.452. The molecule has 10 nitrogen and oxygen atoms in total. The van der Waals surface area contributed by atoms with Crippen LogP contribution >= 0.6 is 0 Å². The number of nitrogens with one attached hydrogen (secondary N) is 3. The summed E-state index contributed by atoms with van der Waals surface area (Å²) in [6, 6.07) is 12.5. The Bertz CT molecular complexity index is 1300. The quantitative estimate of drug-likeness (QED) is 0.528. The number of amides is 5. The Morgan fingerprint density at radius 3 is 2.27 bits per heavy atom. The van der Waals surface area contributed by atoms with Crippen LogP contribution in [-0.4, -0.2) is 77.1 Å². The number of likely N-dealkylation sites (N-methyl/N-ethyl adjacent to an activating group) is 1. The lowest BCUT2D eigenvalue weighted by atomic mass is 10.0. The van der Waals surface area contributed by atoms with Gasteiger partial charge in [0.2, 0.25) is 23.6 Å². The Morgan fingerprint density at radius 1 is 0.878 bits per heavy atom. The van der Waals surface area contributed by atoms with Crippen molar-refractivity contribution in [3.05, 3.63) is 65.7 Å². The summed E-state index contributed by atoms with van der Waals surface area (Å²) in [4.78, 5) is 70.8. The van der Waals surface area contributed by atoms with Crippen molar-refractivity contribution in [2.75, 3.05) is 18.9 Å². The van der Waals surface area contributed by atoms with Crippen molar-refractivity contribution >= 4 is 35.2 Å². The van der Waals surface area contributed by atoms with Crippen LogP contribution in [0.2, 0.25) is 0 Å². The number of carbonyl (C=O) groups is 5. The van der Waals surface area contributed by atoms with Gasteiger partial charge in [-0.1, -0.05) is 56.3 Å². The molecule has 5 amide bonds. The second-order valence-corrected chi connectivity index (χ2v) is 11.3. The molecule has 0 radical (unpaired) electrons. The number of carbonyl (C=O) groups excluding carboxylic acids is 5. The Hall–Kier alpha value is -4.21. The van der Waals surface area contributed by atoms with Gasteiger partial charge in [0, 0.05) is 20.0 Å². The predicted molar refractivity (Wildman–Crippen MR) is 155 cm³/mol. The highest BCUT2D eigenvalue weighted by Crippen LogP contribution is 2.26. The summed E-state index contributed by atoms with van der Waals surface area (Å²) < 4.78 is 0. The molecular formula is C31H39N5O5. The molecule has 2 aromatic carbocycles. The van der Waals surface area contributed by atoms with Crippen LogP contribution in [0, 0.1) is 5.92 Å². The Balaban J connectivity index is 1.75. The largest absolute Gasteiger partial charge is 0.343 e. The molecular weight excluding hydrogens is 522 g/mol. The van der Waals surface area contributed by atoms with Gasteiger partial charge in [-0.3, -0.25) is 24.0 Å². The maximum absolute atomic E-state index is 13.9. The van der Waals surface area contributed by atoms with Crippen molar-refractivity contribution in [2.45, 2.75) is 70.6 Å². The first-order valence-corrected chi connectivity index (χ1v) is 14.2. The monoisotopic (exact) mass is 561 g/mol. The lowest BCUT2D eigenvalue weighted by Gasteiger charge is -2.34. The third-order valence-corrected chi connectivity index (χ3v) is 7.70. The molecule has 0 aromatic heterocycles. The maximum Gasteiger partial charge on any atom is 0.256 e. The van der Waals surface area contributed by atoms with Crippen molar-refractivity contribution in [2.24, 2.45) is 5.92 Å². The van der Waals surface area contributed by atoms with Crippen molar-refractivity contribution in [3.8, 4) is 0 Å². The van der Waals surface area contributed by atoms with Crippen LogP contribution in [0.3, 0.4) is 0 Å². The second kappa shape index (κ2) is 13.0. The number of fused-ring (bicyclic) bond motifs is 2. The van der Waals surface area contributed by atoms with Gasteiger partial charge in [-0.15, -0.1) is 0 Å². The minimum atomic E-state index is -0.962. The first kappa shape index (κ1) is 29.8. The second-order valence-electron chi connectivity index (χ2n) is 11.3. The molecule has 10 heteroatoms. The summed E-state index contributed by atoms with van der Waals surface area (Å²) in [6.07, 6.45) is 1.67. The SMILES string of the molecule is CC(C)C[C@@H]1NC(=O)[C@@H](C)NC(=O)[C@@H](Cc2ccccc2)N(C)C(=O)[C@@H]2CCCN2C(=O)c2ccccc2NC1=O. The molecule has 1 saturated heterocycles. The molecule has 218 valence electrons. The fourth-order valence-electron chi connectivity index (χ4n) is 5.43. The lowest BCUT2D eigenvalue weighted by molar-refractivity contribution is -0.142. The summed E-state index contributed by atoms with van der Waals surface area (Å²) >= 11 is 0. The molecule has 3 N–H and O–H groups in total. The van der Waals surface area contributed by atoms with Crippen molar-refractivity contribution in [3.63, 3.8) is 0 Å². The van der Waals surface area contributed by atoms with Crippen LogP contribution in [0.25, 0.3) is 0 Å². The van der Waals surface area contributed by atoms with E-state index in [2.05, 4.69) is 16.0 Å². The van der Waals surface area contributed by atoms with Crippen molar-refractivity contribution in [1.29, 1.82) is 0 Å². The van der Waals surface area contributed by atoms with E-state index in [0.29, 0.717) is 31.5 Å². The minimum absolute atomic E-state index is 0.0821. The molecule has 4 rings (SSSR count). The highest BCUT2D eigenvalue weighted by atomic mass is 16.2. The zero-order valence-corrected chi connectivity index (χ0v) is 24.1. The molecule has 0 bridgehead atoms. The third-order valence-electron chi connectivity index (χ3n) is 7.70. The number of hydrogen-bond donors (Lipinski definition) is 3. The predicted octanol–water partition coefficient (Wildman–Crippen LogP) is 2.35. The Morgan fingerprint density at radius 2 is 1.56 bits per heavy atom. The van der Waals surface area contributed by atoms with E-state index >= 15 is 0 Å². The summed E-state index contributed by atoms with van der Waals surface area (Å²) in [5.74, 6) is -2.13. The van der Waals surface area contributed by atoms with Gasteiger partial charge in [-0.25, -0.2) is 0 Å². The average molecular weight is 562 g/mol. The highest BCUT2D eigenvalue weighted by molar-refractivity contribution is 6.07. The molecule has 0 aliphatic carbocycles. The van der Waals surface area contributed by atoms with Crippen LogP contribution in [0.4, 0.5) is 5.69 Å². The number of para-hydroxylation sites is 1. The standard InChI is InChI=1S/C31H39N5O5/c1-19(2)17-24-28(38)33-23-14-9-8-13-22(23)30(40)36-16-10-15-25(36)31(41)35(4)26(18-21-11-6-5-7-12-21)29(39)32-20(3)27(37)34-24/h5-9,11-14,19-20,24-26H,10,15-18H2,1-4H3,(H,32,39)(H,33,38)(H,34,37)/t20-,24+,25+,26-/m1/s1. The van der Waals surface area contributed by atoms with Crippen LogP contribution in [-0.2, 0) is 25.6 Å². The molecule has 2 aromatic rings. The number of benzene rings is 2. The molecule has 0 unspecified atom stereocenters. The van der Waals surface area contributed by atoms with Crippen molar-refractivity contribution in [1.82, 2.24) is 20.4 Å². The van der Waals surface area contributed by atoms with E-state index in [-0.39, 0.29) is 29.7 Å². The summed E-state index contributed by atoms with van der Waals surface area (Å²) in [5.41, 5.74) is 1.42. The van der Waals surface area contributed by atoms with Gasteiger partial charge in [0.15, 0.2) is 0 Å². The van der Waals surface area contributed by atoms with Gasteiger partial charge in [-0.2, -0.15) is 0 Å². The van der Waals surface area contributed by atoms with Crippen LogP contribution < -0.4 is 16.0 Å². The van der Waals surface area contributed by atoms with Crippen LogP contribution in [0.5, 0.6) is 0 Å². The minimum Gasteiger partial charge on any atom is -0.343 e. The molecule has 1 fully saturated rings. The Kier molecular flexibility index (Phi) is 9.42. The van der Waals surface area contributed by atoms with Crippen LogP contribution in [0.1, 0.15) is 56.0 Å². The number of nitrogens with zero attached hydrogens (tertiary/aromatic N) is 2. The average Bonchev–Trinajstić information content (AvgIpc) is 3.44. The van der Waals surface area contributed by atoms with Gasteiger partial charge < -0.3 is 25.8 Å². The van der Waals surface area contributed by atoms with Gasteiger partial charge in [-0.05, 0) is 49.8 Å². The zero-order valence-electron chi connectivity index (χ0n) is 24.1. The van der Waals surface area contributed by atoms with Crippen LogP contribution in [0.15, 0.2) is 54.6 Å². The Labute approximate surface area is 240 Å². The van der Waals surface area contributed by atoms with E-state index in [1.807, 2.05) is 44.2 Å². The van der Waals surface area contributed by atoms with Crippen molar-refractivity contribution < 1.29 is 24.0 Å². The first-order valence-electron chi connectivity index (χ1n) is 14.2. The van der Waals surface area contributed by atoms with E-state index in [9.17, 15) is 24.0 Å². The molecule has 41 heavy (non-hydrogen) atoms. The van der Waals surface area contributed by atoms with E-state index in [1.165, 1.54) is 9.80 Å². The molecule has 2 aliphatic heterocycles. The maximum atomic E-state index is 13.9. The number of anilines is 1. The molecule has 0 spiro atoms. The fourth-order valence-corrected chi connectivity index (χ4v) is 5.43. The summed E-state index contributed by atoms with van der Waals surface area (Å²) in [5, 5.41) is 8.34. The highest BCUT2D eigenvalue weighted by Gasteiger charge is 2.40. The van der Waals surface area contributed by atoms with E-state index < -0.39 is 41.9 Å². The normalized spacial score (nSPS) is 24.5. The number of rotatable bonds is 4. The van der Waals surface area contributed by atoms with Gasteiger partial charge in [0.05, 0.1) is 11.3 Å².